The van der Waals surface area contributed by atoms with Gasteiger partial charge in [0.15, 0.2) is 0 Å². The van der Waals surface area contributed by atoms with Crippen LogP contribution in [0.5, 0.6) is 0 Å². The Balaban J connectivity index is 2.39. The van der Waals surface area contributed by atoms with Crippen LogP contribution in [-0.2, 0) is 6.42 Å². The molecule has 2 heteroatoms. The fourth-order valence-electron chi connectivity index (χ4n) is 1.79. The molecule has 0 amide bonds. The van der Waals surface area contributed by atoms with Crippen molar-refractivity contribution in [1.82, 2.24) is 4.90 Å². The van der Waals surface area contributed by atoms with Gasteiger partial charge in [-0.15, -0.1) is 0 Å². The van der Waals surface area contributed by atoms with E-state index in [2.05, 4.69) is 43.0 Å². The van der Waals surface area contributed by atoms with Gasteiger partial charge in [-0.25, -0.2) is 0 Å². The van der Waals surface area contributed by atoms with Crippen molar-refractivity contribution in [3.8, 4) is 0 Å². The van der Waals surface area contributed by atoms with E-state index in [0.29, 0.717) is 0 Å². The average Bonchev–Trinajstić information content (AvgIpc) is 2.27. The summed E-state index contributed by atoms with van der Waals surface area (Å²) in [5, 5.41) is 0. The van der Waals surface area contributed by atoms with Crippen molar-refractivity contribution >= 4 is 0 Å². The first-order chi connectivity index (χ1) is 7.26. The Morgan fingerprint density at radius 3 is 2.27 bits per heavy atom. The van der Waals surface area contributed by atoms with Crippen molar-refractivity contribution in [2.24, 2.45) is 5.73 Å². The molecule has 0 fully saturated rings. The maximum Gasteiger partial charge on any atom is 0.0208 e. The third kappa shape index (κ3) is 4.45. The molecule has 0 saturated heterocycles. The van der Waals surface area contributed by atoms with Crippen LogP contribution in [0.4, 0.5) is 0 Å². The molecule has 84 valence electrons. The van der Waals surface area contributed by atoms with Crippen LogP contribution in [0.2, 0.25) is 0 Å². The van der Waals surface area contributed by atoms with E-state index in [9.17, 15) is 0 Å². The highest BCUT2D eigenvalue weighted by atomic mass is 15.1. The van der Waals surface area contributed by atoms with Gasteiger partial charge in [0.1, 0.15) is 0 Å². The molecule has 1 atom stereocenters. The van der Waals surface area contributed by atoms with E-state index in [4.69, 9.17) is 5.73 Å². The maximum atomic E-state index is 6.12. The van der Waals surface area contributed by atoms with Crippen LogP contribution in [0, 0.1) is 0 Å². The number of hydrogen-bond donors (Lipinski definition) is 1. The van der Waals surface area contributed by atoms with Crippen LogP contribution in [0.3, 0.4) is 0 Å². The largest absolute Gasteiger partial charge is 0.326 e. The molecule has 15 heavy (non-hydrogen) atoms. The Kier molecular flexibility index (Phi) is 5.37. The number of benzene rings is 1. The van der Waals surface area contributed by atoms with Crippen LogP contribution in [0.15, 0.2) is 30.3 Å². The topological polar surface area (TPSA) is 29.3 Å². The Bertz CT molecular complexity index is 254. The molecule has 0 aliphatic heterocycles. The number of rotatable bonds is 6. The molecule has 0 aromatic heterocycles. The van der Waals surface area contributed by atoms with Crippen molar-refractivity contribution in [2.45, 2.75) is 26.3 Å². The molecule has 0 saturated carbocycles. The van der Waals surface area contributed by atoms with Gasteiger partial charge in [0.05, 0.1) is 0 Å². The fraction of sp³-hybridized carbons (Fsp3) is 0.538. The van der Waals surface area contributed by atoms with Crippen molar-refractivity contribution in [1.29, 1.82) is 0 Å². The monoisotopic (exact) mass is 206 g/mol. The number of likely N-dealkylation sites (N-methyl/N-ethyl adjacent to an activating group) is 1. The fourth-order valence-corrected chi connectivity index (χ4v) is 1.79. The molecule has 0 unspecified atom stereocenters. The van der Waals surface area contributed by atoms with Crippen LogP contribution < -0.4 is 5.73 Å². The summed E-state index contributed by atoms with van der Waals surface area (Å²) in [4.78, 5) is 2.37. The van der Waals surface area contributed by atoms with Gasteiger partial charge in [-0.05, 0) is 25.1 Å². The van der Waals surface area contributed by atoms with Gasteiger partial charge in [-0.3, -0.25) is 0 Å². The summed E-state index contributed by atoms with van der Waals surface area (Å²) in [6.45, 7) is 7.51. The molecular formula is C13H22N2. The quantitative estimate of drug-likeness (QED) is 0.770. The van der Waals surface area contributed by atoms with Crippen molar-refractivity contribution < 1.29 is 0 Å². The van der Waals surface area contributed by atoms with Crippen LogP contribution in [0.25, 0.3) is 0 Å². The van der Waals surface area contributed by atoms with Crippen molar-refractivity contribution in [3.05, 3.63) is 35.9 Å². The average molecular weight is 206 g/mol. The van der Waals surface area contributed by atoms with E-state index in [1.54, 1.807) is 0 Å². The normalized spacial score (nSPS) is 13.1. The van der Waals surface area contributed by atoms with Gasteiger partial charge in [0.2, 0.25) is 0 Å². The van der Waals surface area contributed by atoms with E-state index in [1.165, 1.54) is 5.56 Å². The minimum Gasteiger partial charge on any atom is -0.326 e. The second kappa shape index (κ2) is 6.59. The van der Waals surface area contributed by atoms with Crippen molar-refractivity contribution in [2.75, 3.05) is 19.6 Å². The lowest BCUT2D eigenvalue weighted by atomic mass is 10.1. The predicted octanol–water partition coefficient (Wildman–Crippen LogP) is 1.90. The summed E-state index contributed by atoms with van der Waals surface area (Å²) in [7, 11) is 0. The third-order valence-electron chi connectivity index (χ3n) is 2.73. The van der Waals surface area contributed by atoms with E-state index in [-0.39, 0.29) is 6.04 Å². The number of nitrogens with zero attached hydrogens (tertiary/aromatic N) is 1. The molecule has 0 radical (unpaired) electrons. The first-order valence-electron chi connectivity index (χ1n) is 5.78. The second-order valence-corrected chi connectivity index (χ2v) is 3.94. The van der Waals surface area contributed by atoms with Crippen LogP contribution >= 0.6 is 0 Å². The van der Waals surface area contributed by atoms with E-state index < -0.39 is 0 Å². The van der Waals surface area contributed by atoms with Gasteiger partial charge in [0.25, 0.3) is 0 Å². The number of nitrogens with two attached hydrogens (primary N) is 1. The van der Waals surface area contributed by atoms with Gasteiger partial charge in [0, 0.05) is 12.6 Å². The third-order valence-corrected chi connectivity index (χ3v) is 2.73. The summed E-state index contributed by atoms with van der Waals surface area (Å²) in [6.07, 6.45) is 0.970. The molecule has 0 aliphatic carbocycles. The summed E-state index contributed by atoms with van der Waals surface area (Å²) in [5.74, 6) is 0. The van der Waals surface area contributed by atoms with Gasteiger partial charge in [-0.2, -0.15) is 0 Å². The van der Waals surface area contributed by atoms with E-state index >= 15 is 0 Å². The second-order valence-electron chi connectivity index (χ2n) is 3.94. The van der Waals surface area contributed by atoms with Gasteiger partial charge in [-0.1, -0.05) is 44.2 Å². The highest BCUT2D eigenvalue weighted by molar-refractivity contribution is 5.15. The van der Waals surface area contributed by atoms with Crippen LogP contribution in [-0.4, -0.2) is 30.6 Å². The van der Waals surface area contributed by atoms with Crippen molar-refractivity contribution in [3.63, 3.8) is 0 Å². The standard InChI is InChI=1S/C13H22N2/c1-3-15(4-2)11-13(14)10-12-8-6-5-7-9-12/h5-9,13H,3-4,10-11,14H2,1-2H3/t13-/m1/s1. The summed E-state index contributed by atoms with van der Waals surface area (Å²) in [5.41, 5.74) is 7.45. The first-order valence-corrected chi connectivity index (χ1v) is 5.78. The predicted molar refractivity (Wildman–Crippen MR) is 65.9 cm³/mol. The lowest BCUT2D eigenvalue weighted by molar-refractivity contribution is 0.282. The molecule has 0 aliphatic rings. The smallest absolute Gasteiger partial charge is 0.0208 e. The molecule has 2 N–H and O–H groups in total. The summed E-state index contributed by atoms with van der Waals surface area (Å²) >= 11 is 0. The zero-order valence-electron chi connectivity index (χ0n) is 9.82. The first kappa shape index (κ1) is 12.2. The highest BCUT2D eigenvalue weighted by Crippen LogP contribution is 2.03. The van der Waals surface area contributed by atoms with Crippen LogP contribution in [0.1, 0.15) is 19.4 Å². The van der Waals surface area contributed by atoms with Gasteiger partial charge < -0.3 is 10.6 Å². The molecular weight excluding hydrogens is 184 g/mol. The summed E-state index contributed by atoms with van der Waals surface area (Å²) in [6, 6.07) is 10.7. The zero-order chi connectivity index (χ0) is 11.1. The zero-order valence-corrected chi connectivity index (χ0v) is 9.82. The highest BCUT2D eigenvalue weighted by Gasteiger charge is 2.07. The minimum absolute atomic E-state index is 0.243. The molecule has 1 aromatic carbocycles. The summed E-state index contributed by atoms with van der Waals surface area (Å²) < 4.78 is 0. The Labute approximate surface area is 93.1 Å². The van der Waals surface area contributed by atoms with Gasteiger partial charge >= 0.3 is 0 Å². The Morgan fingerprint density at radius 1 is 1.13 bits per heavy atom. The van der Waals surface area contributed by atoms with E-state index in [0.717, 1.165) is 26.1 Å². The molecule has 1 aromatic rings. The molecule has 2 nitrogen and oxygen atoms in total. The SMILES string of the molecule is CCN(CC)C[C@H](N)Cc1ccccc1. The molecule has 0 spiro atoms. The van der Waals surface area contributed by atoms with E-state index in [1.807, 2.05) is 6.07 Å². The minimum atomic E-state index is 0.243. The molecule has 1 rings (SSSR count). The molecule has 0 bridgehead atoms. The number of hydrogen-bond acceptors (Lipinski definition) is 2. The Hall–Kier alpha value is -0.860. The maximum absolute atomic E-state index is 6.12. The Morgan fingerprint density at radius 2 is 1.73 bits per heavy atom. The lowest BCUT2D eigenvalue weighted by Crippen LogP contribution is -2.38. The lowest BCUT2D eigenvalue weighted by Gasteiger charge is -2.22. The molecule has 0 heterocycles.